The molecule has 2 fully saturated rings. The van der Waals surface area contributed by atoms with Crippen LogP contribution in [0.4, 0.5) is 0 Å². The van der Waals surface area contributed by atoms with Crippen LogP contribution in [0, 0.1) is 11.8 Å². The summed E-state index contributed by atoms with van der Waals surface area (Å²) < 4.78 is 5.27. The van der Waals surface area contributed by atoms with Crippen LogP contribution < -0.4 is 0 Å². The predicted molar refractivity (Wildman–Crippen MR) is 81.7 cm³/mol. The first-order valence-corrected chi connectivity index (χ1v) is 8.65. The van der Waals surface area contributed by atoms with E-state index in [9.17, 15) is 9.59 Å². The van der Waals surface area contributed by atoms with E-state index in [0.717, 1.165) is 44.9 Å². The van der Waals surface area contributed by atoms with Crippen molar-refractivity contribution in [1.29, 1.82) is 0 Å². The van der Waals surface area contributed by atoms with Gasteiger partial charge in [-0.3, -0.25) is 9.59 Å². The third kappa shape index (κ3) is 3.78. The van der Waals surface area contributed by atoms with Gasteiger partial charge in [-0.1, -0.05) is 39.5 Å². The van der Waals surface area contributed by atoms with Crippen molar-refractivity contribution in [3.63, 3.8) is 0 Å². The molecule has 1 heterocycles. The minimum atomic E-state index is -0.239. The molecule has 21 heavy (non-hydrogen) atoms. The molecule has 0 unspecified atom stereocenters. The van der Waals surface area contributed by atoms with Crippen molar-refractivity contribution < 1.29 is 14.3 Å². The van der Waals surface area contributed by atoms with Crippen LogP contribution in [0.1, 0.15) is 65.2 Å². The number of fused-ring (bicyclic) bond motifs is 1. The molecule has 1 saturated carbocycles. The Morgan fingerprint density at radius 2 is 2.00 bits per heavy atom. The topological polar surface area (TPSA) is 46.6 Å². The van der Waals surface area contributed by atoms with Gasteiger partial charge < -0.3 is 9.64 Å². The number of hydrogen-bond donors (Lipinski definition) is 0. The maximum atomic E-state index is 12.5. The van der Waals surface area contributed by atoms with Crippen molar-refractivity contribution in [2.24, 2.45) is 11.8 Å². The molecule has 1 aliphatic carbocycles. The molecule has 2 aliphatic rings. The van der Waals surface area contributed by atoms with Gasteiger partial charge in [0.05, 0.1) is 6.61 Å². The standard InChI is InChI=1S/C17H29NO3/c1-3-5-8-11-21-16(19)12-18-15(4-2)13-9-6-7-10-14(13)17(18)20/h13-15H,3-12H2,1-2H3/t13-,14+,15-/m0/s1. The van der Waals surface area contributed by atoms with Crippen LogP contribution in [-0.4, -0.2) is 36.0 Å². The van der Waals surface area contributed by atoms with Crippen molar-refractivity contribution in [1.82, 2.24) is 4.90 Å². The smallest absolute Gasteiger partial charge is 0.325 e. The fraction of sp³-hybridized carbons (Fsp3) is 0.882. The van der Waals surface area contributed by atoms with E-state index in [1.807, 2.05) is 4.90 Å². The molecule has 4 nitrogen and oxygen atoms in total. The average molecular weight is 295 g/mol. The highest BCUT2D eigenvalue weighted by Crippen LogP contribution is 2.42. The largest absolute Gasteiger partial charge is 0.464 e. The normalized spacial score (nSPS) is 28.6. The van der Waals surface area contributed by atoms with E-state index in [-0.39, 0.29) is 30.4 Å². The van der Waals surface area contributed by atoms with Gasteiger partial charge in [0.2, 0.25) is 5.91 Å². The SMILES string of the molecule is CCCCCOC(=O)CN1C(=O)[C@@H]2CCCC[C@@H]2[C@@H]1CC. The second-order valence-corrected chi connectivity index (χ2v) is 6.42. The highest BCUT2D eigenvalue weighted by molar-refractivity contribution is 5.86. The third-order valence-electron chi connectivity index (χ3n) is 5.04. The fourth-order valence-electron chi connectivity index (χ4n) is 3.98. The Morgan fingerprint density at radius 1 is 1.24 bits per heavy atom. The Bertz CT molecular complexity index is 369. The van der Waals surface area contributed by atoms with Gasteiger partial charge in [0, 0.05) is 12.0 Å². The summed E-state index contributed by atoms with van der Waals surface area (Å²) >= 11 is 0. The molecule has 3 atom stereocenters. The van der Waals surface area contributed by atoms with Crippen LogP contribution in [-0.2, 0) is 14.3 Å². The molecule has 0 radical (unpaired) electrons. The van der Waals surface area contributed by atoms with E-state index in [2.05, 4.69) is 13.8 Å². The number of carbonyl (C=O) groups excluding carboxylic acids is 2. The fourth-order valence-corrected chi connectivity index (χ4v) is 3.98. The summed E-state index contributed by atoms with van der Waals surface area (Å²) in [5.74, 6) is 0.578. The summed E-state index contributed by atoms with van der Waals surface area (Å²) in [4.78, 5) is 26.3. The highest BCUT2D eigenvalue weighted by Gasteiger charge is 2.48. The lowest BCUT2D eigenvalue weighted by atomic mass is 9.78. The summed E-state index contributed by atoms with van der Waals surface area (Å²) in [6.07, 6.45) is 8.56. The van der Waals surface area contributed by atoms with E-state index in [1.165, 1.54) is 6.42 Å². The average Bonchev–Trinajstić information content (AvgIpc) is 2.76. The molecule has 0 N–H and O–H groups in total. The van der Waals surface area contributed by atoms with Crippen molar-refractivity contribution >= 4 is 11.9 Å². The molecule has 2 rings (SSSR count). The Balaban J connectivity index is 1.88. The van der Waals surface area contributed by atoms with Crippen LogP contribution in [0.15, 0.2) is 0 Å². The van der Waals surface area contributed by atoms with E-state index < -0.39 is 0 Å². The highest BCUT2D eigenvalue weighted by atomic mass is 16.5. The number of nitrogens with zero attached hydrogens (tertiary/aromatic N) is 1. The Kier molecular flexibility index (Phi) is 6.07. The summed E-state index contributed by atoms with van der Waals surface area (Å²) in [6, 6.07) is 0.242. The Labute approximate surface area is 128 Å². The zero-order valence-corrected chi connectivity index (χ0v) is 13.5. The Hall–Kier alpha value is -1.06. The molecule has 1 saturated heterocycles. The quantitative estimate of drug-likeness (QED) is 0.535. The number of unbranched alkanes of at least 4 members (excludes halogenated alkanes) is 2. The second-order valence-electron chi connectivity index (χ2n) is 6.42. The molecular weight excluding hydrogens is 266 g/mol. The number of rotatable bonds is 7. The zero-order valence-electron chi connectivity index (χ0n) is 13.5. The predicted octanol–water partition coefficient (Wildman–Crippen LogP) is 3.15. The molecule has 0 bridgehead atoms. The molecule has 0 aromatic heterocycles. The minimum Gasteiger partial charge on any atom is -0.464 e. The molecule has 0 aromatic rings. The van der Waals surface area contributed by atoms with Crippen molar-refractivity contribution in [2.45, 2.75) is 71.3 Å². The lowest BCUT2D eigenvalue weighted by molar-refractivity contribution is -0.149. The van der Waals surface area contributed by atoms with Crippen LogP contribution in [0.3, 0.4) is 0 Å². The summed E-state index contributed by atoms with van der Waals surface area (Å²) in [5, 5.41) is 0. The monoisotopic (exact) mass is 295 g/mol. The maximum Gasteiger partial charge on any atom is 0.325 e. The number of carbonyl (C=O) groups is 2. The molecule has 1 aliphatic heterocycles. The number of hydrogen-bond acceptors (Lipinski definition) is 3. The Morgan fingerprint density at radius 3 is 2.71 bits per heavy atom. The molecular formula is C17H29NO3. The van der Waals surface area contributed by atoms with Crippen LogP contribution in [0.25, 0.3) is 0 Å². The van der Waals surface area contributed by atoms with E-state index in [4.69, 9.17) is 4.74 Å². The van der Waals surface area contributed by atoms with Gasteiger partial charge in [0.1, 0.15) is 6.54 Å². The van der Waals surface area contributed by atoms with Gasteiger partial charge >= 0.3 is 5.97 Å². The first-order valence-electron chi connectivity index (χ1n) is 8.65. The van der Waals surface area contributed by atoms with Crippen LogP contribution in [0.5, 0.6) is 0 Å². The summed E-state index contributed by atoms with van der Waals surface area (Å²) in [5.41, 5.74) is 0. The van der Waals surface area contributed by atoms with Gasteiger partial charge in [-0.05, 0) is 31.6 Å². The summed E-state index contributed by atoms with van der Waals surface area (Å²) in [6.45, 7) is 4.88. The minimum absolute atomic E-state index is 0.149. The first kappa shape index (κ1) is 16.3. The molecule has 120 valence electrons. The van der Waals surface area contributed by atoms with Crippen molar-refractivity contribution in [3.8, 4) is 0 Å². The number of ether oxygens (including phenoxy) is 1. The van der Waals surface area contributed by atoms with Gasteiger partial charge in [-0.2, -0.15) is 0 Å². The van der Waals surface area contributed by atoms with E-state index in [0.29, 0.717) is 12.5 Å². The maximum absolute atomic E-state index is 12.5. The van der Waals surface area contributed by atoms with Crippen LogP contribution in [0.2, 0.25) is 0 Å². The van der Waals surface area contributed by atoms with Crippen molar-refractivity contribution in [2.75, 3.05) is 13.2 Å². The van der Waals surface area contributed by atoms with Gasteiger partial charge in [0.15, 0.2) is 0 Å². The second kappa shape index (κ2) is 7.81. The molecule has 0 aromatic carbocycles. The van der Waals surface area contributed by atoms with Crippen LogP contribution >= 0.6 is 0 Å². The van der Waals surface area contributed by atoms with Crippen molar-refractivity contribution in [3.05, 3.63) is 0 Å². The molecule has 0 spiro atoms. The van der Waals surface area contributed by atoms with Gasteiger partial charge in [-0.25, -0.2) is 0 Å². The summed E-state index contributed by atoms with van der Waals surface area (Å²) in [7, 11) is 0. The first-order chi connectivity index (χ1) is 10.2. The number of likely N-dealkylation sites (tertiary alicyclic amines) is 1. The lowest BCUT2D eigenvalue weighted by Gasteiger charge is -2.28. The van der Waals surface area contributed by atoms with Gasteiger partial charge in [0.25, 0.3) is 0 Å². The molecule has 1 amide bonds. The van der Waals surface area contributed by atoms with E-state index >= 15 is 0 Å². The number of amides is 1. The van der Waals surface area contributed by atoms with E-state index in [1.54, 1.807) is 0 Å². The molecule has 4 heteroatoms. The third-order valence-corrected chi connectivity index (χ3v) is 5.04. The number of esters is 1. The lowest BCUT2D eigenvalue weighted by Crippen LogP contribution is -2.39. The van der Waals surface area contributed by atoms with Gasteiger partial charge in [-0.15, -0.1) is 0 Å². The zero-order chi connectivity index (χ0) is 15.2.